The van der Waals surface area contributed by atoms with Crippen LogP contribution < -0.4 is 10.6 Å². The van der Waals surface area contributed by atoms with Crippen molar-refractivity contribution in [2.45, 2.75) is 6.54 Å². The molecule has 0 fully saturated rings. The fraction of sp³-hybridized carbons (Fsp3) is 0.0476. The molecule has 7 heteroatoms. The summed E-state index contributed by atoms with van der Waals surface area (Å²) in [5.74, 6) is -0.870. The van der Waals surface area contributed by atoms with Gasteiger partial charge in [0.25, 0.3) is 17.5 Å². The third-order valence-corrected chi connectivity index (χ3v) is 4.03. The highest BCUT2D eigenvalue weighted by atomic mass is 16.6. The SMILES string of the molecule is O=C(Nc1ccccc1C(=O)NCc1ccccc1)c1cccc([N+](=O)[O-])c1. The van der Waals surface area contributed by atoms with Gasteiger partial charge in [-0.1, -0.05) is 48.5 Å². The van der Waals surface area contributed by atoms with E-state index in [4.69, 9.17) is 0 Å². The van der Waals surface area contributed by atoms with Gasteiger partial charge in [0.15, 0.2) is 0 Å². The van der Waals surface area contributed by atoms with Crippen LogP contribution in [0.4, 0.5) is 11.4 Å². The normalized spacial score (nSPS) is 10.1. The summed E-state index contributed by atoms with van der Waals surface area (Å²) >= 11 is 0. The number of rotatable bonds is 6. The van der Waals surface area contributed by atoms with Crippen molar-refractivity contribution in [2.24, 2.45) is 0 Å². The quantitative estimate of drug-likeness (QED) is 0.506. The summed E-state index contributed by atoms with van der Waals surface area (Å²) in [5.41, 5.74) is 1.53. The second-order valence-electron chi connectivity index (χ2n) is 5.98. The van der Waals surface area contributed by atoms with Crippen molar-refractivity contribution in [1.82, 2.24) is 5.32 Å². The number of nitro benzene ring substituents is 1. The van der Waals surface area contributed by atoms with Gasteiger partial charge in [-0.2, -0.15) is 0 Å². The van der Waals surface area contributed by atoms with Crippen molar-refractivity contribution < 1.29 is 14.5 Å². The molecule has 0 unspecified atom stereocenters. The number of anilines is 1. The van der Waals surface area contributed by atoms with Crippen LogP contribution in [0, 0.1) is 10.1 Å². The van der Waals surface area contributed by atoms with Gasteiger partial charge in [-0.05, 0) is 23.8 Å². The second-order valence-corrected chi connectivity index (χ2v) is 5.98. The number of nitrogens with one attached hydrogen (secondary N) is 2. The van der Waals surface area contributed by atoms with Crippen LogP contribution in [0.25, 0.3) is 0 Å². The van der Waals surface area contributed by atoms with Crippen LogP contribution in [0.5, 0.6) is 0 Å². The molecular formula is C21H17N3O4. The van der Waals surface area contributed by atoms with Gasteiger partial charge in [0.1, 0.15) is 0 Å². The number of hydrogen-bond acceptors (Lipinski definition) is 4. The Kier molecular flexibility index (Phi) is 5.76. The lowest BCUT2D eigenvalue weighted by Gasteiger charge is -2.11. The largest absolute Gasteiger partial charge is 0.348 e. The van der Waals surface area contributed by atoms with Gasteiger partial charge in [-0.15, -0.1) is 0 Å². The van der Waals surface area contributed by atoms with E-state index in [0.29, 0.717) is 17.8 Å². The molecular weight excluding hydrogens is 358 g/mol. The molecule has 2 amide bonds. The molecule has 0 aromatic heterocycles. The van der Waals surface area contributed by atoms with Crippen molar-refractivity contribution in [3.63, 3.8) is 0 Å². The number of non-ortho nitro benzene ring substituents is 1. The van der Waals surface area contributed by atoms with Gasteiger partial charge >= 0.3 is 0 Å². The number of carbonyl (C=O) groups excluding carboxylic acids is 2. The first-order chi connectivity index (χ1) is 13.5. The number of amides is 2. The van der Waals surface area contributed by atoms with Crippen molar-refractivity contribution in [2.75, 3.05) is 5.32 Å². The highest BCUT2D eigenvalue weighted by Gasteiger charge is 2.16. The lowest BCUT2D eigenvalue weighted by atomic mass is 10.1. The number of nitro groups is 1. The van der Waals surface area contributed by atoms with Crippen molar-refractivity contribution >= 4 is 23.2 Å². The molecule has 2 N–H and O–H groups in total. The zero-order valence-electron chi connectivity index (χ0n) is 14.8. The number of benzene rings is 3. The van der Waals surface area contributed by atoms with Gasteiger partial charge in [0.2, 0.25) is 0 Å². The van der Waals surface area contributed by atoms with Crippen LogP contribution in [0.3, 0.4) is 0 Å². The van der Waals surface area contributed by atoms with E-state index < -0.39 is 10.8 Å². The topological polar surface area (TPSA) is 101 Å². The molecule has 28 heavy (non-hydrogen) atoms. The average molecular weight is 375 g/mol. The van der Waals surface area contributed by atoms with Crippen molar-refractivity contribution in [1.29, 1.82) is 0 Å². The Morgan fingerprint density at radius 1 is 0.857 bits per heavy atom. The molecule has 0 saturated carbocycles. The van der Waals surface area contributed by atoms with Crippen molar-refractivity contribution in [3.8, 4) is 0 Å². The van der Waals surface area contributed by atoms with E-state index in [1.807, 2.05) is 30.3 Å². The molecule has 0 aliphatic rings. The van der Waals surface area contributed by atoms with E-state index in [9.17, 15) is 19.7 Å². The standard InChI is InChI=1S/C21H17N3O4/c25-20(16-9-6-10-17(13-16)24(27)28)23-19-12-5-4-11-18(19)21(26)22-14-15-7-2-1-3-8-15/h1-13H,14H2,(H,22,26)(H,23,25). The summed E-state index contributed by atoms with van der Waals surface area (Å²) < 4.78 is 0. The third-order valence-electron chi connectivity index (χ3n) is 4.03. The molecule has 3 aromatic carbocycles. The molecule has 0 atom stereocenters. The third kappa shape index (κ3) is 4.59. The molecule has 0 heterocycles. The van der Waals surface area contributed by atoms with Crippen LogP contribution >= 0.6 is 0 Å². The van der Waals surface area contributed by atoms with Crippen LogP contribution in [-0.4, -0.2) is 16.7 Å². The molecule has 7 nitrogen and oxygen atoms in total. The molecule has 0 saturated heterocycles. The van der Waals surface area contributed by atoms with Crippen LogP contribution in [-0.2, 0) is 6.54 Å². The molecule has 0 aliphatic carbocycles. The highest BCUT2D eigenvalue weighted by molar-refractivity contribution is 6.09. The second kappa shape index (κ2) is 8.59. The first-order valence-electron chi connectivity index (χ1n) is 8.51. The summed E-state index contributed by atoms with van der Waals surface area (Å²) in [4.78, 5) is 35.3. The Hall–Kier alpha value is -4.00. The van der Waals surface area contributed by atoms with Crippen LogP contribution in [0.1, 0.15) is 26.3 Å². The number of para-hydroxylation sites is 1. The summed E-state index contributed by atoms with van der Waals surface area (Å²) in [6, 6.07) is 21.5. The Balaban J connectivity index is 1.74. The maximum atomic E-state index is 12.5. The minimum absolute atomic E-state index is 0.133. The molecule has 0 bridgehead atoms. The van der Waals surface area contributed by atoms with Gasteiger partial charge in [-0.25, -0.2) is 0 Å². The maximum absolute atomic E-state index is 12.5. The van der Waals surface area contributed by atoms with E-state index in [2.05, 4.69) is 10.6 Å². The fourth-order valence-corrected chi connectivity index (χ4v) is 2.62. The predicted octanol–water partition coefficient (Wildman–Crippen LogP) is 3.78. The summed E-state index contributed by atoms with van der Waals surface area (Å²) in [6.45, 7) is 0.354. The zero-order valence-corrected chi connectivity index (χ0v) is 14.8. The first-order valence-corrected chi connectivity index (χ1v) is 8.51. The van der Waals surface area contributed by atoms with E-state index >= 15 is 0 Å². The Labute approximate surface area is 161 Å². The van der Waals surface area contributed by atoms with E-state index in [1.165, 1.54) is 24.3 Å². The first kappa shape index (κ1) is 18.8. The molecule has 140 valence electrons. The van der Waals surface area contributed by atoms with Crippen molar-refractivity contribution in [3.05, 3.63) is 106 Å². The molecule has 0 radical (unpaired) electrons. The molecule has 3 aromatic rings. The van der Waals surface area contributed by atoms with Gasteiger partial charge in [0.05, 0.1) is 16.2 Å². The van der Waals surface area contributed by atoms with E-state index in [1.54, 1.807) is 24.3 Å². The van der Waals surface area contributed by atoms with E-state index in [0.717, 1.165) is 5.56 Å². The fourth-order valence-electron chi connectivity index (χ4n) is 2.62. The van der Waals surface area contributed by atoms with E-state index in [-0.39, 0.29) is 17.2 Å². The number of hydrogen-bond donors (Lipinski definition) is 2. The van der Waals surface area contributed by atoms with Gasteiger partial charge in [-0.3, -0.25) is 19.7 Å². The van der Waals surface area contributed by atoms with Crippen LogP contribution in [0.2, 0.25) is 0 Å². The Bertz CT molecular complexity index is 1020. The number of carbonyl (C=O) groups is 2. The lowest BCUT2D eigenvalue weighted by Crippen LogP contribution is -2.24. The minimum atomic E-state index is -0.568. The summed E-state index contributed by atoms with van der Waals surface area (Å²) in [7, 11) is 0. The lowest BCUT2D eigenvalue weighted by molar-refractivity contribution is -0.384. The summed E-state index contributed by atoms with van der Waals surface area (Å²) in [5, 5.41) is 16.4. The van der Waals surface area contributed by atoms with Crippen LogP contribution in [0.15, 0.2) is 78.9 Å². The molecule has 0 aliphatic heterocycles. The Morgan fingerprint density at radius 2 is 1.57 bits per heavy atom. The summed E-state index contributed by atoms with van der Waals surface area (Å²) in [6.07, 6.45) is 0. The van der Waals surface area contributed by atoms with Gasteiger partial charge < -0.3 is 10.6 Å². The maximum Gasteiger partial charge on any atom is 0.270 e. The molecule has 0 spiro atoms. The molecule has 3 rings (SSSR count). The minimum Gasteiger partial charge on any atom is -0.348 e. The number of nitrogens with zero attached hydrogens (tertiary/aromatic N) is 1. The average Bonchev–Trinajstić information content (AvgIpc) is 2.73. The zero-order chi connectivity index (χ0) is 19.9. The monoisotopic (exact) mass is 375 g/mol. The predicted molar refractivity (Wildman–Crippen MR) is 105 cm³/mol. The highest BCUT2D eigenvalue weighted by Crippen LogP contribution is 2.18. The van der Waals surface area contributed by atoms with Gasteiger partial charge in [0, 0.05) is 24.2 Å². The Morgan fingerprint density at radius 3 is 2.32 bits per heavy atom. The smallest absolute Gasteiger partial charge is 0.270 e.